The zero-order chi connectivity index (χ0) is 15.4. The van der Waals surface area contributed by atoms with E-state index in [9.17, 15) is 9.18 Å². The lowest BCUT2D eigenvalue weighted by Crippen LogP contribution is -2.31. The van der Waals surface area contributed by atoms with E-state index in [0.717, 1.165) is 11.1 Å². The van der Waals surface area contributed by atoms with Gasteiger partial charge in [-0.15, -0.1) is 0 Å². The molecule has 0 saturated carbocycles. The summed E-state index contributed by atoms with van der Waals surface area (Å²) in [5.74, 6) is -0.386. The van der Waals surface area contributed by atoms with Crippen LogP contribution in [0, 0.1) is 16.3 Å². The maximum atomic E-state index is 13.2. The van der Waals surface area contributed by atoms with E-state index in [2.05, 4.69) is 0 Å². The molecule has 4 heteroatoms. The van der Waals surface area contributed by atoms with Gasteiger partial charge in [-0.05, 0) is 65.8 Å². The molecule has 0 unspecified atom stereocenters. The molecule has 1 amide bonds. The molecule has 0 N–H and O–H groups in total. The Bertz CT molecular complexity index is 657. The van der Waals surface area contributed by atoms with Crippen LogP contribution in [0.1, 0.15) is 28.4 Å². The summed E-state index contributed by atoms with van der Waals surface area (Å²) in [6, 6.07) is 12.3. The first-order valence-electron chi connectivity index (χ1n) is 6.81. The van der Waals surface area contributed by atoms with Gasteiger partial charge >= 0.3 is 0 Å². The van der Waals surface area contributed by atoms with E-state index < -0.39 is 0 Å². The van der Waals surface area contributed by atoms with Crippen LogP contribution < -0.4 is 0 Å². The minimum absolute atomic E-state index is 0.0647. The topological polar surface area (TPSA) is 20.3 Å². The Labute approximate surface area is 138 Å². The minimum Gasteiger partial charge on any atom is -0.335 e. The van der Waals surface area contributed by atoms with Crippen molar-refractivity contribution >= 4 is 28.5 Å². The molecule has 2 rings (SSSR count). The van der Waals surface area contributed by atoms with E-state index in [-0.39, 0.29) is 11.7 Å². The number of carbonyl (C=O) groups is 1. The largest absolute Gasteiger partial charge is 0.335 e. The summed E-state index contributed by atoms with van der Waals surface area (Å²) in [5, 5.41) is 0. The normalized spacial score (nSPS) is 10.5. The minimum atomic E-state index is -0.321. The van der Waals surface area contributed by atoms with Gasteiger partial charge in [-0.1, -0.05) is 24.3 Å². The van der Waals surface area contributed by atoms with Crippen molar-refractivity contribution in [3.63, 3.8) is 0 Å². The van der Waals surface area contributed by atoms with Crippen LogP contribution in [0.2, 0.25) is 0 Å². The van der Waals surface area contributed by atoms with Crippen molar-refractivity contribution < 1.29 is 9.18 Å². The first-order chi connectivity index (χ1) is 10.0. The van der Waals surface area contributed by atoms with Gasteiger partial charge < -0.3 is 4.90 Å². The van der Waals surface area contributed by atoms with E-state index >= 15 is 0 Å². The summed E-state index contributed by atoms with van der Waals surface area (Å²) in [5.41, 5.74) is 2.84. The van der Waals surface area contributed by atoms with Crippen molar-refractivity contribution in [2.45, 2.75) is 20.4 Å². The fourth-order valence-corrected chi connectivity index (χ4v) is 2.86. The Hall–Kier alpha value is -1.43. The Morgan fingerprint density at radius 2 is 1.95 bits per heavy atom. The van der Waals surface area contributed by atoms with Gasteiger partial charge in [-0.25, -0.2) is 4.39 Å². The first-order valence-corrected chi connectivity index (χ1v) is 7.89. The molecular weight excluding hydrogens is 380 g/mol. The highest BCUT2D eigenvalue weighted by molar-refractivity contribution is 14.1. The summed E-state index contributed by atoms with van der Waals surface area (Å²) in [7, 11) is 0. The maximum Gasteiger partial charge on any atom is 0.255 e. The predicted octanol–water partition coefficient (Wildman–Crippen LogP) is 4.40. The molecule has 0 heterocycles. The summed E-state index contributed by atoms with van der Waals surface area (Å²) in [6.45, 7) is 5.16. The van der Waals surface area contributed by atoms with E-state index in [4.69, 9.17) is 0 Å². The fourth-order valence-electron chi connectivity index (χ4n) is 2.15. The van der Waals surface area contributed by atoms with E-state index in [1.807, 2.05) is 60.7 Å². The molecule has 0 atom stereocenters. The van der Waals surface area contributed by atoms with Crippen molar-refractivity contribution in [1.82, 2.24) is 4.90 Å². The van der Waals surface area contributed by atoms with Gasteiger partial charge in [-0.3, -0.25) is 4.79 Å². The van der Waals surface area contributed by atoms with Crippen molar-refractivity contribution in [3.8, 4) is 0 Å². The van der Waals surface area contributed by atoms with Gasteiger partial charge in [-0.2, -0.15) is 0 Å². The highest BCUT2D eigenvalue weighted by Gasteiger charge is 2.18. The number of halogens is 2. The number of rotatable bonds is 4. The van der Waals surface area contributed by atoms with Gasteiger partial charge in [0, 0.05) is 16.7 Å². The summed E-state index contributed by atoms with van der Waals surface area (Å²) in [6.07, 6.45) is 0. The maximum absolute atomic E-state index is 13.2. The molecule has 0 aliphatic heterocycles. The van der Waals surface area contributed by atoms with Crippen LogP contribution in [0.3, 0.4) is 0 Å². The summed E-state index contributed by atoms with van der Waals surface area (Å²) in [4.78, 5) is 14.4. The molecule has 21 heavy (non-hydrogen) atoms. The third-order valence-electron chi connectivity index (χ3n) is 3.45. The van der Waals surface area contributed by atoms with Crippen molar-refractivity contribution in [2.75, 3.05) is 6.54 Å². The monoisotopic (exact) mass is 397 g/mol. The van der Waals surface area contributed by atoms with Crippen LogP contribution in [0.4, 0.5) is 4.39 Å². The fraction of sp³-hybridized carbons (Fsp3) is 0.235. The van der Waals surface area contributed by atoms with Gasteiger partial charge in [0.05, 0.1) is 5.56 Å². The number of nitrogens with zero attached hydrogens (tertiary/aromatic N) is 1. The molecule has 0 spiro atoms. The zero-order valence-electron chi connectivity index (χ0n) is 12.1. The second-order valence-corrected chi connectivity index (χ2v) is 6.03. The van der Waals surface area contributed by atoms with Crippen LogP contribution in [-0.4, -0.2) is 17.4 Å². The summed E-state index contributed by atoms with van der Waals surface area (Å²) >= 11 is 2.00. The number of carbonyl (C=O) groups excluding carboxylic acids is 1. The lowest BCUT2D eigenvalue weighted by molar-refractivity contribution is 0.0751. The molecule has 0 saturated heterocycles. The first kappa shape index (κ1) is 15.9. The third-order valence-corrected chi connectivity index (χ3v) is 4.35. The molecule has 0 bridgehead atoms. The molecule has 110 valence electrons. The van der Waals surface area contributed by atoms with Crippen molar-refractivity contribution in [2.24, 2.45) is 0 Å². The number of amides is 1. The Morgan fingerprint density at radius 1 is 1.24 bits per heavy atom. The molecule has 2 nitrogen and oxygen atoms in total. The molecular formula is C17H17FINO. The highest BCUT2D eigenvalue weighted by atomic mass is 127. The molecule has 2 aromatic carbocycles. The standard InChI is InChI=1S/C17H17FINO/c1-3-20(11-13-7-5-4-6-12(13)2)17(21)15-9-8-14(18)10-16(15)19/h4-10H,3,11H2,1-2H3. The third kappa shape index (κ3) is 3.81. The molecule has 0 fully saturated rings. The van der Waals surface area contributed by atoms with Gasteiger partial charge in [0.25, 0.3) is 5.91 Å². The second kappa shape index (κ2) is 7.02. The van der Waals surface area contributed by atoms with Gasteiger partial charge in [0.1, 0.15) is 5.82 Å². The second-order valence-electron chi connectivity index (χ2n) is 4.87. The molecule has 2 aromatic rings. The zero-order valence-corrected chi connectivity index (χ0v) is 14.2. The molecule has 0 radical (unpaired) electrons. The van der Waals surface area contributed by atoms with Crippen molar-refractivity contribution in [1.29, 1.82) is 0 Å². The number of hydrogen-bond donors (Lipinski definition) is 0. The van der Waals surface area contributed by atoms with Crippen LogP contribution in [0.25, 0.3) is 0 Å². The van der Waals surface area contributed by atoms with Crippen LogP contribution in [0.15, 0.2) is 42.5 Å². The van der Waals surface area contributed by atoms with Crippen LogP contribution in [0.5, 0.6) is 0 Å². The smallest absolute Gasteiger partial charge is 0.255 e. The Balaban J connectivity index is 2.25. The van der Waals surface area contributed by atoms with E-state index in [1.54, 1.807) is 11.0 Å². The predicted molar refractivity (Wildman–Crippen MR) is 90.7 cm³/mol. The molecule has 0 aromatic heterocycles. The average Bonchev–Trinajstić information content (AvgIpc) is 2.46. The summed E-state index contributed by atoms with van der Waals surface area (Å²) < 4.78 is 13.8. The average molecular weight is 397 g/mol. The van der Waals surface area contributed by atoms with Crippen LogP contribution in [-0.2, 0) is 6.54 Å². The number of hydrogen-bond acceptors (Lipinski definition) is 1. The number of benzene rings is 2. The molecule has 0 aliphatic carbocycles. The van der Waals surface area contributed by atoms with Gasteiger partial charge in [0.2, 0.25) is 0 Å². The number of aryl methyl sites for hydroxylation is 1. The quantitative estimate of drug-likeness (QED) is 0.701. The van der Waals surface area contributed by atoms with E-state index in [1.165, 1.54) is 12.1 Å². The van der Waals surface area contributed by atoms with Gasteiger partial charge in [0.15, 0.2) is 0 Å². The lowest BCUT2D eigenvalue weighted by atomic mass is 10.1. The lowest BCUT2D eigenvalue weighted by Gasteiger charge is -2.22. The van der Waals surface area contributed by atoms with E-state index in [0.29, 0.717) is 22.2 Å². The SMILES string of the molecule is CCN(Cc1ccccc1C)C(=O)c1ccc(F)cc1I. The molecule has 0 aliphatic rings. The highest BCUT2D eigenvalue weighted by Crippen LogP contribution is 2.18. The Morgan fingerprint density at radius 3 is 2.57 bits per heavy atom. The van der Waals surface area contributed by atoms with Crippen LogP contribution >= 0.6 is 22.6 Å². The Kier molecular flexibility index (Phi) is 5.33. The van der Waals surface area contributed by atoms with Crippen molar-refractivity contribution in [3.05, 3.63) is 68.5 Å².